The van der Waals surface area contributed by atoms with Gasteiger partial charge < -0.3 is 10.2 Å². The Morgan fingerprint density at radius 2 is 1.54 bits per heavy atom. The van der Waals surface area contributed by atoms with E-state index in [2.05, 4.69) is 5.32 Å². The van der Waals surface area contributed by atoms with Gasteiger partial charge in [0, 0.05) is 22.6 Å². The molecule has 0 heterocycles. The molecule has 0 aromatic heterocycles. The average Bonchev–Trinajstić information content (AvgIpc) is 2.94. The molecule has 3 aromatic carbocycles. The first-order chi connectivity index (χ1) is 19.4. The highest BCUT2D eigenvalue weighted by Gasteiger charge is 2.34. The molecule has 3 aromatic rings. The standard InChI is InChI=1S/C31H37Cl2N3O4S/c1-6-22(4)34-31(38)28(7-2)35(19-24-13-15-25(32)16-14-24)30(37)20-36(29-10-8-9-27(33)23(29)5)41(39,40)26-17-11-21(3)12-18-26/h8-18,22,28H,6-7,19-20H2,1-5H3,(H,34,38)/t22-,28+/m0/s1. The molecule has 0 aliphatic heterocycles. The summed E-state index contributed by atoms with van der Waals surface area (Å²) in [5.41, 5.74) is 2.46. The van der Waals surface area contributed by atoms with Crippen LogP contribution in [-0.4, -0.2) is 43.8 Å². The van der Waals surface area contributed by atoms with Gasteiger partial charge in [0.2, 0.25) is 11.8 Å². The number of amides is 2. The first-order valence-electron chi connectivity index (χ1n) is 13.6. The highest BCUT2D eigenvalue weighted by atomic mass is 35.5. The van der Waals surface area contributed by atoms with E-state index in [4.69, 9.17) is 23.2 Å². The molecule has 0 bridgehead atoms. The van der Waals surface area contributed by atoms with E-state index in [0.717, 1.165) is 21.9 Å². The molecule has 0 unspecified atom stereocenters. The second kappa shape index (κ2) is 14.2. The SMILES string of the molecule is CC[C@H](C(=O)N[C@@H](C)CC)N(Cc1ccc(Cl)cc1)C(=O)CN(c1cccc(Cl)c1C)S(=O)(=O)c1ccc(C)cc1. The molecule has 0 aliphatic rings. The van der Waals surface area contributed by atoms with Gasteiger partial charge in [-0.05, 0) is 81.1 Å². The Balaban J connectivity index is 2.10. The number of benzene rings is 3. The maximum atomic E-state index is 14.2. The zero-order valence-corrected chi connectivity index (χ0v) is 26.4. The van der Waals surface area contributed by atoms with Crippen molar-refractivity contribution in [2.75, 3.05) is 10.8 Å². The Kier molecular flexibility index (Phi) is 11.2. The van der Waals surface area contributed by atoms with Gasteiger partial charge in [0.25, 0.3) is 10.0 Å². The first-order valence-corrected chi connectivity index (χ1v) is 15.8. The summed E-state index contributed by atoms with van der Waals surface area (Å²) in [6, 6.07) is 17.5. The highest BCUT2D eigenvalue weighted by molar-refractivity contribution is 7.92. The topological polar surface area (TPSA) is 86.8 Å². The van der Waals surface area contributed by atoms with E-state index in [0.29, 0.717) is 22.0 Å². The van der Waals surface area contributed by atoms with Crippen LogP contribution in [-0.2, 0) is 26.2 Å². The molecule has 1 N–H and O–H groups in total. The minimum Gasteiger partial charge on any atom is -0.352 e. The van der Waals surface area contributed by atoms with Gasteiger partial charge in [-0.3, -0.25) is 13.9 Å². The van der Waals surface area contributed by atoms with Crippen LogP contribution in [0.4, 0.5) is 5.69 Å². The van der Waals surface area contributed by atoms with E-state index < -0.39 is 28.5 Å². The fourth-order valence-corrected chi connectivity index (χ4v) is 6.13. The van der Waals surface area contributed by atoms with Crippen LogP contribution >= 0.6 is 23.2 Å². The lowest BCUT2D eigenvalue weighted by molar-refractivity contribution is -0.140. The van der Waals surface area contributed by atoms with E-state index in [-0.39, 0.29) is 29.1 Å². The highest BCUT2D eigenvalue weighted by Crippen LogP contribution is 2.31. The van der Waals surface area contributed by atoms with Gasteiger partial charge >= 0.3 is 0 Å². The largest absolute Gasteiger partial charge is 0.352 e. The minimum absolute atomic E-state index is 0.0427. The summed E-state index contributed by atoms with van der Waals surface area (Å²) in [6.45, 7) is 8.82. The second-order valence-corrected chi connectivity index (χ2v) is 12.8. The van der Waals surface area contributed by atoms with Gasteiger partial charge in [-0.2, -0.15) is 0 Å². The van der Waals surface area contributed by atoms with Gasteiger partial charge in [-0.15, -0.1) is 0 Å². The Morgan fingerprint density at radius 1 is 0.902 bits per heavy atom. The summed E-state index contributed by atoms with van der Waals surface area (Å²) in [7, 11) is -4.18. The van der Waals surface area contributed by atoms with Gasteiger partial charge in [-0.25, -0.2) is 8.42 Å². The van der Waals surface area contributed by atoms with E-state index in [1.807, 2.05) is 27.7 Å². The summed E-state index contributed by atoms with van der Waals surface area (Å²) < 4.78 is 29.2. The monoisotopic (exact) mass is 617 g/mol. The maximum Gasteiger partial charge on any atom is 0.264 e. The molecule has 2 atom stereocenters. The maximum absolute atomic E-state index is 14.2. The third-order valence-corrected chi connectivity index (χ3v) is 9.48. The molecular formula is C31H37Cl2N3O4S. The van der Waals surface area contributed by atoms with Gasteiger partial charge in [-0.1, -0.05) is 72.9 Å². The number of carbonyl (C=O) groups is 2. The van der Waals surface area contributed by atoms with Crippen LogP contribution in [0.5, 0.6) is 0 Å². The normalized spacial score (nSPS) is 12.9. The third-order valence-electron chi connectivity index (χ3n) is 7.05. The number of rotatable bonds is 12. The number of hydrogen-bond acceptors (Lipinski definition) is 4. The molecule has 41 heavy (non-hydrogen) atoms. The molecule has 0 saturated heterocycles. The molecule has 0 fully saturated rings. The van der Waals surface area contributed by atoms with E-state index in [9.17, 15) is 18.0 Å². The van der Waals surface area contributed by atoms with E-state index in [1.54, 1.807) is 61.5 Å². The summed E-state index contributed by atoms with van der Waals surface area (Å²) >= 11 is 12.5. The number of carbonyl (C=O) groups excluding carboxylic acids is 2. The van der Waals surface area contributed by atoms with Gasteiger partial charge in [0.15, 0.2) is 0 Å². The molecule has 7 nitrogen and oxygen atoms in total. The van der Waals surface area contributed by atoms with Crippen molar-refractivity contribution in [3.05, 3.63) is 93.5 Å². The van der Waals surface area contributed by atoms with Gasteiger partial charge in [0.05, 0.1) is 10.6 Å². The molecule has 0 spiro atoms. The Labute approximate surface area is 253 Å². The number of nitrogens with zero attached hydrogens (tertiary/aromatic N) is 2. The molecule has 3 rings (SSSR count). The summed E-state index contributed by atoms with van der Waals surface area (Å²) in [5.74, 6) is -0.822. The molecule has 220 valence electrons. The zero-order valence-electron chi connectivity index (χ0n) is 24.0. The Hall–Kier alpha value is -3.07. The van der Waals surface area contributed by atoms with Crippen LogP contribution in [0.2, 0.25) is 10.0 Å². The molecule has 10 heteroatoms. The molecule has 0 radical (unpaired) electrons. The lowest BCUT2D eigenvalue weighted by Crippen LogP contribution is -2.53. The van der Waals surface area contributed by atoms with E-state index >= 15 is 0 Å². The van der Waals surface area contributed by atoms with Crippen LogP contribution in [0.15, 0.2) is 71.6 Å². The Bertz CT molecular complexity index is 1460. The quantitative estimate of drug-likeness (QED) is 0.250. The van der Waals surface area contributed by atoms with Crippen molar-refractivity contribution < 1.29 is 18.0 Å². The van der Waals surface area contributed by atoms with Crippen LogP contribution < -0.4 is 9.62 Å². The predicted octanol–water partition coefficient (Wildman–Crippen LogP) is 6.53. The van der Waals surface area contributed by atoms with Crippen molar-refractivity contribution in [2.45, 2.75) is 71.0 Å². The van der Waals surface area contributed by atoms with Crippen molar-refractivity contribution in [1.29, 1.82) is 0 Å². The second-order valence-electron chi connectivity index (χ2n) is 10.1. The number of hydrogen-bond donors (Lipinski definition) is 1. The fraction of sp³-hybridized carbons (Fsp3) is 0.355. The number of halogens is 2. The lowest BCUT2D eigenvalue weighted by atomic mass is 10.1. The van der Waals surface area contributed by atoms with Crippen molar-refractivity contribution >= 4 is 50.7 Å². The van der Waals surface area contributed by atoms with Crippen molar-refractivity contribution in [3.63, 3.8) is 0 Å². The lowest BCUT2D eigenvalue weighted by Gasteiger charge is -2.34. The predicted molar refractivity (Wildman–Crippen MR) is 166 cm³/mol. The first kappa shape index (κ1) is 32.4. The summed E-state index contributed by atoms with van der Waals surface area (Å²) in [6.07, 6.45) is 1.06. The number of aryl methyl sites for hydroxylation is 1. The molecule has 0 saturated carbocycles. The summed E-state index contributed by atoms with van der Waals surface area (Å²) in [5, 5.41) is 3.88. The van der Waals surface area contributed by atoms with Gasteiger partial charge in [0.1, 0.15) is 12.6 Å². The molecular weight excluding hydrogens is 581 g/mol. The van der Waals surface area contributed by atoms with Crippen LogP contribution in [0, 0.1) is 13.8 Å². The van der Waals surface area contributed by atoms with Crippen molar-refractivity contribution in [3.8, 4) is 0 Å². The minimum atomic E-state index is -4.18. The smallest absolute Gasteiger partial charge is 0.264 e. The van der Waals surface area contributed by atoms with Crippen molar-refractivity contribution in [2.24, 2.45) is 0 Å². The molecule has 2 amide bonds. The van der Waals surface area contributed by atoms with Crippen molar-refractivity contribution in [1.82, 2.24) is 10.2 Å². The fourth-order valence-electron chi connectivity index (χ4n) is 4.36. The number of nitrogens with one attached hydrogen (secondary N) is 1. The number of sulfonamides is 1. The van der Waals surface area contributed by atoms with E-state index in [1.165, 1.54) is 17.0 Å². The third kappa shape index (κ3) is 8.03. The number of anilines is 1. The average molecular weight is 619 g/mol. The van der Waals surface area contributed by atoms with Crippen LogP contribution in [0.25, 0.3) is 0 Å². The van der Waals surface area contributed by atoms with Crippen LogP contribution in [0.1, 0.15) is 50.3 Å². The Morgan fingerprint density at radius 3 is 2.12 bits per heavy atom. The molecule has 0 aliphatic carbocycles. The summed E-state index contributed by atoms with van der Waals surface area (Å²) in [4.78, 5) is 29.0. The van der Waals surface area contributed by atoms with Crippen LogP contribution in [0.3, 0.4) is 0 Å². The zero-order chi connectivity index (χ0) is 30.3.